The first-order valence-corrected chi connectivity index (χ1v) is 13.5. The molecule has 4 amide bonds. The van der Waals surface area contributed by atoms with Gasteiger partial charge in [0.2, 0.25) is 23.6 Å². The highest BCUT2D eigenvalue weighted by Gasteiger charge is 2.30. The van der Waals surface area contributed by atoms with E-state index >= 15 is 0 Å². The van der Waals surface area contributed by atoms with Gasteiger partial charge in [-0.3, -0.25) is 29.0 Å². The zero-order valence-electron chi connectivity index (χ0n) is 23.7. The van der Waals surface area contributed by atoms with Crippen LogP contribution in [0.4, 0.5) is 0 Å². The van der Waals surface area contributed by atoms with E-state index in [9.17, 15) is 29.1 Å². The smallest absolute Gasteiger partial charge is 0.305 e. The summed E-state index contributed by atoms with van der Waals surface area (Å²) >= 11 is 0. The van der Waals surface area contributed by atoms with Gasteiger partial charge in [-0.2, -0.15) is 0 Å². The van der Waals surface area contributed by atoms with Gasteiger partial charge in [0.25, 0.3) is 0 Å². The van der Waals surface area contributed by atoms with Crippen LogP contribution in [0.5, 0.6) is 0 Å². The van der Waals surface area contributed by atoms with Crippen LogP contribution in [0.15, 0.2) is 47.0 Å². The number of aliphatic imine (C=N–C) groups is 1. The van der Waals surface area contributed by atoms with E-state index in [2.05, 4.69) is 26.3 Å². The number of guanidine groups is 1. The summed E-state index contributed by atoms with van der Waals surface area (Å²) < 4.78 is 0. The van der Waals surface area contributed by atoms with E-state index < -0.39 is 66.6 Å². The molecule has 1 heterocycles. The minimum Gasteiger partial charge on any atom is -0.481 e. The second-order valence-corrected chi connectivity index (χ2v) is 10.4. The van der Waals surface area contributed by atoms with E-state index in [0.29, 0.717) is 18.4 Å². The summed E-state index contributed by atoms with van der Waals surface area (Å²) in [5.41, 5.74) is 12.3. The Morgan fingerprint density at radius 1 is 0.976 bits per heavy atom. The third kappa shape index (κ3) is 11.3. The minimum atomic E-state index is -1.39. The number of aliphatic carboxylic acids is 1. The van der Waals surface area contributed by atoms with E-state index in [1.165, 1.54) is 0 Å². The molecule has 0 saturated carbocycles. The second-order valence-electron chi connectivity index (χ2n) is 10.4. The van der Waals surface area contributed by atoms with Crippen LogP contribution in [-0.4, -0.2) is 71.9 Å². The number of carbonyl (C=O) groups excluding carboxylic acids is 4. The van der Waals surface area contributed by atoms with Crippen LogP contribution < -0.4 is 32.7 Å². The number of carboxylic acids is 1. The lowest BCUT2D eigenvalue weighted by Gasteiger charge is -2.26. The molecule has 0 fully saturated rings. The number of nitrogens with one attached hydrogen (secondary N) is 4. The molecule has 1 aliphatic rings. The van der Waals surface area contributed by atoms with Crippen LogP contribution in [0, 0.1) is 11.8 Å². The summed E-state index contributed by atoms with van der Waals surface area (Å²) in [5, 5.41) is 19.9. The second kappa shape index (κ2) is 16.0. The quantitative estimate of drug-likeness (QED) is 0.0889. The zero-order chi connectivity index (χ0) is 30.5. The van der Waals surface area contributed by atoms with Crippen molar-refractivity contribution in [1.82, 2.24) is 21.3 Å². The van der Waals surface area contributed by atoms with E-state index in [-0.39, 0.29) is 24.8 Å². The van der Waals surface area contributed by atoms with Gasteiger partial charge in [-0.15, -0.1) is 0 Å². The molecule has 4 atom stereocenters. The molecule has 41 heavy (non-hydrogen) atoms. The molecule has 0 saturated heterocycles. The Kier molecular flexibility index (Phi) is 12.8. The molecule has 0 radical (unpaired) electrons. The first-order valence-electron chi connectivity index (χ1n) is 13.5. The molecule has 13 heteroatoms. The van der Waals surface area contributed by atoms with Crippen molar-refractivity contribution in [3.05, 3.63) is 47.5 Å². The van der Waals surface area contributed by atoms with Gasteiger partial charge < -0.3 is 37.8 Å². The zero-order valence-corrected chi connectivity index (χ0v) is 23.7. The first kappa shape index (κ1) is 32.8. The topological polar surface area (TPSA) is 218 Å². The predicted octanol–water partition coefficient (Wildman–Crippen LogP) is -0.440. The van der Waals surface area contributed by atoms with Crippen LogP contribution in [0.3, 0.4) is 0 Å². The Bertz CT molecular complexity index is 1150. The number of nitrogens with zero attached hydrogens (tertiary/aromatic N) is 1. The van der Waals surface area contributed by atoms with Gasteiger partial charge in [-0.25, -0.2) is 0 Å². The lowest BCUT2D eigenvalue weighted by molar-refractivity contribution is -0.140. The highest BCUT2D eigenvalue weighted by molar-refractivity contribution is 5.94. The van der Waals surface area contributed by atoms with Crippen molar-refractivity contribution in [2.24, 2.45) is 28.3 Å². The fraction of sp³-hybridized carbons (Fsp3) is 0.500. The number of hydrogen-bond acceptors (Lipinski definition) is 6. The molecule has 0 aliphatic carbocycles. The molecule has 1 aromatic rings. The summed E-state index contributed by atoms with van der Waals surface area (Å²) in [4.78, 5) is 67.8. The molecule has 1 aliphatic heterocycles. The van der Waals surface area contributed by atoms with E-state index in [4.69, 9.17) is 11.5 Å². The van der Waals surface area contributed by atoms with Gasteiger partial charge in [0.15, 0.2) is 5.96 Å². The summed E-state index contributed by atoms with van der Waals surface area (Å²) in [7, 11) is 0. The van der Waals surface area contributed by atoms with E-state index in [1.807, 2.05) is 44.2 Å². The SMILES string of the molecule is C/C1=C\[C@H](C(C)C)C(=O)N[C@@H](CCCN=C(N)N)C(=O)NCC(=O)N[C@@H](CC(=O)O)C(=O)N[C@@H]1Cc1ccccc1. The molecule has 0 bridgehead atoms. The van der Waals surface area contributed by atoms with Crippen molar-refractivity contribution in [2.75, 3.05) is 13.1 Å². The van der Waals surface area contributed by atoms with Crippen molar-refractivity contribution in [3.63, 3.8) is 0 Å². The van der Waals surface area contributed by atoms with Gasteiger partial charge in [0, 0.05) is 6.54 Å². The summed E-state index contributed by atoms with van der Waals surface area (Å²) in [6.45, 7) is 5.22. The fourth-order valence-corrected chi connectivity index (χ4v) is 4.38. The number of nitrogens with two attached hydrogens (primary N) is 2. The summed E-state index contributed by atoms with van der Waals surface area (Å²) in [6, 6.07) is 6.39. The molecule has 2 rings (SSSR count). The maximum Gasteiger partial charge on any atom is 0.305 e. The van der Waals surface area contributed by atoms with Crippen molar-refractivity contribution in [3.8, 4) is 0 Å². The molecule has 0 spiro atoms. The molecule has 9 N–H and O–H groups in total. The number of hydrogen-bond donors (Lipinski definition) is 7. The molecule has 0 unspecified atom stereocenters. The van der Waals surface area contributed by atoms with Crippen molar-refractivity contribution in [2.45, 2.75) is 64.6 Å². The van der Waals surface area contributed by atoms with Gasteiger partial charge in [-0.1, -0.05) is 55.8 Å². The van der Waals surface area contributed by atoms with Gasteiger partial charge >= 0.3 is 5.97 Å². The third-order valence-electron chi connectivity index (χ3n) is 6.64. The van der Waals surface area contributed by atoms with E-state index in [0.717, 1.165) is 5.56 Å². The van der Waals surface area contributed by atoms with Crippen LogP contribution >= 0.6 is 0 Å². The Hall–Kier alpha value is -4.42. The molecule has 13 nitrogen and oxygen atoms in total. The molecule has 0 aromatic heterocycles. The molecule has 1 aromatic carbocycles. The fourth-order valence-electron chi connectivity index (χ4n) is 4.38. The van der Waals surface area contributed by atoms with E-state index in [1.54, 1.807) is 13.0 Å². The highest BCUT2D eigenvalue weighted by Crippen LogP contribution is 2.20. The Balaban J connectivity index is 2.49. The average molecular weight is 572 g/mol. The maximum absolute atomic E-state index is 13.5. The largest absolute Gasteiger partial charge is 0.481 e. The number of carbonyl (C=O) groups is 5. The summed E-state index contributed by atoms with van der Waals surface area (Å²) in [6.07, 6.45) is 2.04. The molecule has 224 valence electrons. The summed E-state index contributed by atoms with van der Waals surface area (Å²) in [5.74, 6) is -4.66. The van der Waals surface area contributed by atoms with Crippen molar-refractivity contribution >= 4 is 35.6 Å². The standard InChI is InChI=1S/C28H41N7O6/c1-16(2)19-12-17(3)21(13-18-8-5-4-6-9-18)35-27(41)22(14-24(37)38)33-23(36)15-32-26(40)20(34-25(19)39)10-7-11-31-28(29)30/h4-6,8-9,12,16,19-22H,7,10-11,13-15H2,1-3H3,(H,32,40)(H,33,36)(H,34,39)(H,35,41)(H,37,38)(H4,29,30,31)/b17-12+/t19-,20+,21-,22+/m1/s1. The third-order valence-corrected chi connectivity index (χ3v) is 6.64. The Morgan fingerprint density at radius 3 is 2.24 bits per heavy atom. The monoisotopic (exact) mass is 571 g/mol. The Labute approximate surface area is 239 Å². The number of carboxylic acid groups (broad SMARTS) is 1. The van der Waals surface area contributed by atoms with Gasteiger partial charge in [0.1, 0.15) is 12.1 Å². The maximum atomic E-state index is 13.5. The van der Waals surface area contributed by atoms with Crippen LogP contribution in [0.1, 0.15) is 45.6 Å². The molecular weight excluding hydrogens is 530 g/mol. The number of amides is 4. The van der Waals surface area contributed by atoms with Crippen LogP contribution in [0.25, 0.3) is 0 Å². The lowest BCUT2D eigenvalue weighted by Crippen LogP contribution is -2.54. The van der Waals surface area contributed by atoms with Crippen molar-refractivity contribution in [1.29, 1.82) is 0 Å². The lowest BCUT2D eigenvalue weighted by atomic mass is 9.89. The first-order chi connectivity index (χ1) is 19.4. The minimum absolute atomic E-state index is 0.0955. The average Bonchev–Trinajstić information content (AvgIpc) is 2.90. The van der Waals surface area contributed by atoms with Crippen LogP contribution in [-0.2, 0) is 30.4 Å². The normalized spacial score (nSPS) is 24.0. The highest BCUT2D eigenvalue weighted by atomic mass is 16.4. The number of benzene rings is 1. The predicted molar refractivity (Wildman–Crippen MR) is 153 cm³/mol. The Morgan fingerprint density at radius 2 is 1.63 bits per heavy atom. The molecular formula is C28H41N7O6. The van der Waals surface area contributed by atoms with Crippen LogP contribution in [0.2, 0.25) is 0 Å². The number of rotatable bonds is 9. The van der Waals surface area contributed by atoms with Gasteiger partial charge in [0.05, 0.1) is 24.9 Å². The van der Waals surface area contributed by atoms with Crippen molar-refractivity contribution < 1.29 is 29.1 Å². The van der Waals surface area contributed by atoms with Gasteiger partial charge in [-0.05, 0) is 37.7 Å².